The number of amides is 1. The van der Waals surface area contributed by atoms with E-state index in [1.165, 1.54) is 4.70 Å². The Labute approximate surface area is 122 Å². The molecule has 1 fully saturated rings. The lowest BCUT2D eigenvalue weighted by atomic mass is 9.97. The number of para-hydroxylation sites is 1. The van der Waals surface area contributed by atoms with Crippen molar-refractivity contribution in [3.63, 3.8) is 0 Å². The summed E-state index contributed by atoms with van der Waals surface area (Å²) in [5.41, 5.74) is 1.02. The van der Waals surface area contributed by atoms with Gasteiger partial charge in [-0.3, -0.25) is 4.79 Å². The van der Waals surface area contributed by atoms with Crippen LogP contribution in [-0.4, -0.2) is 35.9 Å². The number of fused-ring (bicyclic) bond motifs is 1. The Balaban J connectivity index is 1.71. The number of nitrogens with zero attached hydrogens (tertiary/aromatic N) is 2. The SMILES string of the molecule is CC1CNCC1C(=O)N(C)Cc1nc2ccccc2s1. The Hall–Kier alpha value is -1.46. The first kappa shape index (κ1) is 13.5. The molecule has 1 saturated heterocycles. The van der Waals surface area contributed by atoms with E-state index in [4.69, 9.17) is 0 Å². The van der Waals surface area contributed by atoms with Crippen molar-refractivity contribution < 1.29 is 4.79 Å². The van der Waals surface area contributed by atoms with Gasteiger partial charge in [-0.1, -0.05) is 19.1 Å². The number of hydrogen-bond donors (Lipinski definition) is 1. The first-order valence-corrected chi connectivity index (χ1v) is 7.77. The fourth-order valence-corrected chi connectivity index (χ4v) is 3.71. The Bertz CT molecular complexity index is 591. The molecule has 106 valence electrons. The highest BCUT2D eigenvalue weighted by atomic mass is 32.1. The molecular weight excluding hydrogens is 270 g/mol. The van der Waals surface area contributed by atoms with Crippen molar-refractivity contribution in [2.45, 2.75) is 13.5 Å². The van der Waals surface area contributed by atoms with Gasteiger partial charge < -0.3 is 10.2 Å². The molecule has 3 rings (SSSR count). The molecule has 1 aliphatic heterocycles. The molecule has 1 aliphatic rings. The summed E-state index contributed by atoms with van der Waals surface area (Å²) < 4.78 is 1.18. The maximum absolute atomic E-state index is 12.4. The average Bonchev–Trinajstić information content (AvgIpc) is 3.03. The van der Waals surface area contributed by atoms with E-state index in [9.17, 15) is 4.79 Å². The summed E-state index contributed by atoms with van der Waals surface area (Å²) in [5.74, 6) is 0.747. The van der Waals surface area contributed by atoms with Crippen LogP contribution in [0.4, 0.5) is 0 Å². The standard InChI is InChI=1S/C15H19N3OS/c1-10-7-16-8-11(10)15(19)18(2)9-14-17-12-5-3-4-6-13(12)20-14/h3-6,10-11,16H,7-9H2,1-2H3. The highest BCUT2D eigenvalue weighted by molar-refractivity contribution is 7.18. The number of nitrogens with one attached hydrogen (secondary N) is 1. The van der Waals surface area contributed by atoms with Crippen LogP contribution >= 0.6 is 11.3 Å². The minimum Gasteiger partial charge on any atom is -0.339 e. The molecule has 0 aliphatic carbocycles. The van der Waals surface area contributed by atoms with Gasteiger partial charge in [-0.15, -0.1) is 11.3 Å². The Kier molecular flexibility index (Phi) is 3.72. The van der Waals surface area contributed by atoms with Crippen molar-refractivity contribution in [2.75, 3.05) is 20.1 Å². The Morgan fingerprint density at radius 2 is 2.25 bits per heavy atom. The van der Waals surface area contributed by atoms with Crippen molar-refractivity contribution >= 4 is 27.5 Å². The molecule has 2 aromatic rings. The minimum absolute atomic E-state index is 0.106. The first-order valence-electron chi connectivity index (χ1n) is 6.95. The molecule has 2 atom stereocenters. The third-order valence-electron chi connectivity index (χ3n) is 3.92. The minimum atomic E-state index is 0.106. The second-order valence-corrected chi connectivity index (χ2v) is 6.63. The van der Waals surface area contributed by atoms with Crippen LogP contribution in [0.2, 0.25) is 0 Å². The third kappa shape index (κ3) is 2.55. The maximum Gasteiger partial charge on any atom is 0.227 e. The van der Waals surface area contributed by atoms with Gasteiger partial charge in [-0.2, -0.15) is 0 Å². The summed E-state index contributed by atoms with van der Waals surface area (Å²) in [6.45, 7) is 4.46. The van der Waals surface area contributed by atoms with Gasteiger partial charge >= 0.3 is 0 Å². The van der Waals surface area contributed by atoms with Crippen LogP contribution in [-0.2, 0) is 11.3 Å². The molecule has 2 unspecified atom stereocenters. The molecule has 2 heterocycles. The summed E-state index contributed by atoms with van der Waals surface area (Å²) in [4.78, 5) is 18.8. The summed E-state index contributed by atoms with van der Waals surface area (Å²) in [6, 6.07) is 8.10. The second kappa shape index (κ2) is 5.50. The van der Waals surface area contributed by atoms with E-state index in [0.29, 0.717) is 12.5 Å². The second-order valence-electron chi connectivity index (χ2n) is 5.51. The number of thiazole rings is 1. The van der Waals surface area contributed by atoms with Crippen LogP contribution in [0, 0.1) is 11.8 Å². The molecule has 0 saturated carbocycles. The van der Waals surface area contributed by atoms with Crippen LogP contribution in [0.25, 0.3) is 10.2 Å². The fraction of sp³-hybridized carbons (Fsp3) is 0.467. The number of hydrogen-bond acceptors (Lipinski definition) is 4. The van der Waals surface area contributed by atoms with Crippen molar-refractivity contribution in [1.82, 2.24) is 15.2 Å². The predicted octanol–water partition coefficient (Wildman–Crippen LogP) is 2.11. The number of benzene rings is 1. The number of rotatable bonds is 3. The van der Waals surface area contributed by atoms with Gasteiger partial charge in [0, 0.05) is 13.6 Å². The van der Waals surface area contributed by atoms with Gasteiger partial charge in [0.15, 0.2) is 0 Å². The molecule has 0 bridgehead atoms. The Morgan fingerprint density at radius 3 is 2.95 bits per heavy atom. The molecular formula is C15H19N3OS. The van der Waals surface area contributed by atoms with Gasteiger partial charge in [0.25, 0.3) is 0 Å². The summed E-state index contributed by atoms with van der Waals surface area (Å²) in [7, 11) is 1.87. The molecule has 1 amide bonds. The molecule has 1 N–H and O–H groups in total. The summed E-state index contributed by atoms with van der Waals surface area (Å²) in [5, 5.41) is 4.28. The molecule has 0 radical (unpaired) electrons. The lowest BCUT2D eigenvalue weighted by Crippen LogP contribution is -2.35. The zero-order chi connectivity index (χ0) is 14.1. The third-order valence-corrected chi connectivity index (χ3v) is 4.94. The number of carbonyl (C=O) groups is 1. The van der Waals surface area contributed by atoms with E-state index in [-0.39, 0.29) is 11.8 Å². The zero-order valence-corrected chi connectivity index (χ0v) is 12.6. The van der Waals surface area contributed by atoms with Crippen molar-refractivity contribution in [3.05, 3.63) is 29.3 Å². The van der Waals surface area contributed by atoms with Gasteiger partial charge in [-0.05, 0) is 24.6 Å². The van der Waals surface area contributed by atoms with Crippen LogP contribution in [0.5, 0.6) is 0 Å². The van der Waals surface area contributed by atoms with E-state index in [1.807, 2.05) is 30.1 Å². The van der Waals surface area contributed by atoms with E-state index in [1.54, 1.807) is 11.3 Å². The van der Waals surface area contributed by atoms with Gasteiger partial charge in [0.05, 0.1) is 22.7 Å². The number of carbonyl (C=O) groups excluding carboxylic acids is 1. The lowest BCUT2D eigenvalue weighted by Gasteiger charge is -2.21. The predicted molar refractivity (Wildman–Crippen MR) is 81.6 cm³/mol. The fourth-order valence-electron chi connectivity index (χ4n) is 2.69. The monoisotopic (exact) mass is 289 g/mol. The summed E-state index contributed by atoms with van der Waals surface area (Å²) in [6.07, 6.45) is 0. The van der Waals surface area contributed by atoms with E-state index in [0.717, 1.165) is 23.6 Å². The molecule has 1 aromatic carbocycles. The molecule has 4 nitrogen and oxygen atoms in total. The molecule has 20 heavy (non-hydrogen) atoms. The smallest absolute Gasteiger partial charge is 0.227 e. The normalized spacial score (nSPS) is 22.3. The first-order chi connectivity index (χ1) is 9.65. The topological polar surface area (TPSA) is 45.2 Å². The highest BCUT2D eigenvalue weighted by Crippen LogP contribution is 2.24. The lowest BCUT2D eigenvalue weighted by molar-refractivity contribution is -0.135. The number of aromatic nitrogens is 1. The van der Waals surface area contributed by atoms with Crippen LogP contribution in [0.3, 0.4) is 0 Å². The van der Waals surface area contributed by atoms with Crippen LogP contribution in [0.15, 0.2) is 24.3 Å². The maximum atomic E-state index is 12.4. The van der Waals surface area contributed by atoms with Crippen molar-refractivity contribution in [2.24, 2.45) is 11.8 Å². The van der Waals surface area contributed by atoms with Gasteiger partial charge in [0.2, 0.25) is 5.91 Å². The zero-order valence-electron chi connectivity index (χ0n) is 11.8. The van der Waals surface area contributed by atoms with E-state index < -0.39 is 0 Å². The molecule has 1 aromatic heterocycles. The highest BCUT2D eigenvalue weighted by Gasteiger charge is 2.31. The van der Waals surface area contributed by atoms with Gasteiger partial charge in [0.1, 0.15) is 5.01 Å². The quantitative estimate of drug-likeness (QED) is 0.941. The molecule has 0 spiro atoms. The largest absolute Gasteiger partial charge is 0.339 e. The average molecular weight is 289 g/mol. The van der Waals surface area contributed by atoms with Crippen LogP contribution < -0.4 is 5.32 Å². The van der Waals surface area contributed by atoms with Gasteiger partial charge in [-0.25, -0.2) is 4.98 Å². The molecule has 5 heteroatoms. The van der Waals surface area contributed by atoms with Crippen LogP contribution in [0.1, 0.15) is 11.9 Å². The van der Waals surface area contributed by atoms with E-state index >= 15 is 0 Å². The Morgan fingerprint density at radius 1 is 1.45 bits per heavy atom. The summed E-state index contributed by atoms with van der Waals surface area (Å²) >= 11 is 1.67. The van der Waals surface area contributed by atoms with Crippen molar-refractivity contribution in [3.8, 4) is 0 Å². The van der Waals surface area contributed by atoms with Crippen molar-refractivity contribution in [1.29, 1.82) is 0 Å². The van der Waals surface area contributed by atoms with E-state index in [2.05, 4.69) is 23.3 Å².